The van der Waals surface area contributed by atoms with Crippen molar-refractivity contribution in [2.75, 3.05) is 20.3 Å². The molecule has 0 aliphatic rings. The molecule has 0 saturated heterocycles. The van der Waals surface area contributed by atoms with Crippen molar-refractivity contribution in [2.24, 2.45) is 0 Å². The number of nitrogens with one attached hydrogen (secondary N) is 1. The van der Waals surface area contributed by atoms with Crippen LogP contribution in [0.1, 0.15) is 18.4 Å². The van der Waals surface area contributed by atoms with Gasteiger partial charge in [0.25, 0.3) is 0 Å². The average Bonchev–Trinajstić information content (AvgIpc) is 3.19. The van der Waals surface area contributed by atoms with Crippen LogP contribution in [0.4, 0.5) is 0 Å². The molecule has 1 aromatic heterocycles. The van der Waals surface area contributed by atoms with Crippen LogP contribution in [0.5, 0.6) is 11.5 Å². The van der Waals surface area contributed by atoms with Gasteiger partial charge >= 0.3 is 0 Å². The molecule has 146 valence electrons. The monoisotopic (exact) mass is 381 g/mol. The van der Waals surface area contributed by atoms with Gasteiger partial charge in [0.05, 0.1) is 20.1 Å². The first-order valence-corrected chi connectivity index (χ1v) is 9.13. The molecule has 1 heterocycles. The van der Waals surface area contributed by atoms with E-state index in [0.717, 1.165) is 22.6 Å². The number of benzene rings is 2. The maximum absolute atomic E-state index is 12.1. The zero-order chi connectivity index (χ0) is 19.8. The Hall–Kier alpha value is -3.35. The fourth-order valence-corrected chi connectivity index (χ4v) is 2.64. The molecule has 0 aliphatic heterocycles. The third-order valence-corrected chi connectivity index (χ3v) is 4.08. The van der Waals surface area contributed by atoms with E-state index >= 15 is 0 Å². The third-order valence-electron chi connectivity index (χ3n) is 4.08. The summed E-state index contributed by atoms with van der Waals surface area (Å²) < 4.78 is 15.8. The van der Waals surface area contributed by atoms with E-state index in [1.807, 2.05) is 55.5 Å². The lowest BCUT2D eigenvalue weighted by Crippen LogP contribution is -2.27. The first kappa shape index (κ1) is 19.4. The summed E-state index contributed by atoms with van der Waals surface area (Å²) in [7, 11) is 1.62. The minimum atomic E-state index is -0.0564. The summed E-state index contributed by atoms with van der Waals surface area (Å²) in [4.78, 5) is 16.4. The van der Waals surface area contributed by atoms with Crippen molar-refractivity contribution in [3.63, 3.8) is 0 Å². The summed E-state index contributed by atoms with van der Waals surface area (Å²) in [6.45, 7) is 2.99. The van der Waals surface area contributed by atoms with E-state index in [9.17, 15) is 4.79 Å². The highest BCUT2D eigenvalue weighted by Gasteiger charge is 2.10. The second-order valence-corrected chi connectivity index (χ2v) is 6.09. The summed E-state index contributed by atoms with van der Waals surface area (Å²) in [5.41, 5.74) is 1.77. The standard InChI is InChI=1S/C21H23N3O4/c1-3-27-18-8-4-15(5-9-18)14-19(25)22-13-12-20-23-21(24-28-20)16-6-10-17(26-2)11-7-16/h4-11H,3,12-14H2,1-2H3,(H,22,25). The van der Waals surface area contributed by atoms with Crippen LogP contribution >= 0.6 is 0 Å². The van der Waals surface area contributed by atoms with Crippen LogP contribution < -0.4 is 14.8 Å². The van der Waals surface area contributed by atoms with E-state index in [1.165, 1.54) is 0 Å². The quantitative estimate of drug-likeness (QED) is 0.613. The van der Waals surface area contributed by atoms with E-state index in [4.69, 9.17) is 14.0 Å². The number of rotatable bonds is 9. The number of aromatic nitrogens is 2. The number of carbonyl (C=O) groups excluding carboxylic acids is 1. The van der Waals surface area contributed by atoms with E-state index in [2.05, 4.69) is 15.5 Å². The molecule has 0 spiro atoms. The molecule has 1 amide bonds. The molecule has 7 heteroatoms. The van der Waals surface area contributed by atoms with Crippen molar-refractivity contribution >= 4 is 5.91 Å². The topological polar surface area (TPSA) is 86.5 Å². The van der Waals surface area contributed by atoms with E-state index in [1.54, 1.807) is 7.11 Å². The first-order valence-electron chi connectivity index (χ1n) is 9.13. The van der Waals surface area contributed by atoms with Crippen molar-refractivity contribution in [2.45, 2.75) is 19.8 Å². The minimum Gasteiger partial charge on any atom is -0.497 e. The smallest absolute Gasteiger partial charge is 0.228 e. The predicted octanol–water partition coefficient (Wildman–Crippen LogP) is 3.05. The van der Waals surface area contributed by atoms with Gasteiger partial charge in [0, 0.05) is 18.5 Å². The fourth-order valence-electron chi connectivity index (χ4n) is 2.64. The molecule has 2 aromatic carbocycles. The number of amides is 1. The van der Waals surface area contributed by atoms with Crippen LogP contribution in [-0.4, -0.2) is 36.3 Å². The maximum Gasteiger partial charge on any atom is 0.228 e. The van der Waals surface area contributed by atoms with E-state index < -0.39 is 0 Å². The third kappa shape index (κ3) is 5.33. The summed E-state index contributed by atoms with van der Waals surface area (Å²) >= 11 is 0. The van der Waals surface area contributed by atoms with Gasteiger partial charge in [-0.3, -0.25) is 4.79 Å². The van der Waals surface area contributed by atoms with Gasteiger partial charge in [-0.25, -0.2) is 0 Å². The average molecular weight is 381 g/mol. The number of methoxy groups -OCH3 is 1. The minimum absolute atomic E-state index is 0.0564. The molecule has 0 unspecified atom stereocenters. The molecular weight excluding hydrogens is 358 g/mol. The van der Waals surface area contributed by atoms with Crippen LogP contribution in [0.25, 0.3) is 11.4 Å². The molecule has 0 bridgehead atoms. The number of carbonyl (C=O) groups is 1. The first-order chi connectivity index (χ1) is 13.7. The Morgan fingerprint density at radius 2 is 1.79 bits per heavy atom. The number of nitrogens with zero attached hydrogens (tertiary/aromatic N) is 2. The second-order valence-electron chi connectivity index (χ2n) is 6.09. The van der Waals surface area contributed by atoms with Gasteiger partial charge in [-0.1, -0.05) is 17.3 Å². The zero-order valence-electron chi connectivity index (χ0n) is 16.0. The number of hydrogen-bond acceptors (Lipinski definition) is 6. The second kappa shape index (κ2) is 9.55. The molecule has 0 atom stereocenters. The summed E-state index contributed by atoms with van der Waals surface area (Å²) in [6, 6.07) is 14.9. The van der Waals surface area contributed by atoms with Crippen molar-refractivity contribution in [3.8, 4) is 22.9 Å². The van der Waals surface area contributed by atoms with Gasteiger partial charge in [0.15, 0.2) is 0 Å². The Bertz CT molecular complexity index is 889. The molecule has 0 radical (unpaired) electrons. The molecule has 0 saturated carbocycles. The Kier molecular flexibility index (Phi) is 6.62. The van der Waals surface area contributed by atoms with Gasteiger partial charge < -0.3 is 19.3 Å². The largest absolute Gasteiger partial charge is 0.497 e. The van der Waals surface area contributed by atoms with Gasteiger partial charge in [-0.2, -0.15) is 4.98 Å². The molecule has 7 nitrogen and oxygen atoms in total. The fraction of sp³-hybridized carbons (Fsp3) is 0.286. The van der Waals surface area contributed by atoms with Crippen molar-refractivity contribution in [1.29, 1.82) is 0 Å². The van der Waals surface area contributed by atoms with Crippen LogP contribution in [0, 0.1) is 0 Å². The molecule has 1 N–H and O–H groups in total. The lowest BCUT2D eigenvalue weighted by molar-refractivity contribution is -0.120. The SMILES string of the molecule is CCOc1ccc(CC(=O)NCCc2nc(-c3ccc(OC)cc3)no2)cc1. The van der Waals surface area contributed by atoms with Crippen LogP contribution in [-0.2, 0) is 17.6 Å². The van der Waals surface area contributed by atoms with Gasteiger partial charge in [-0.15, -0.1) is 0 Å². The van der Waals surface area contributed by atoms with Gasteiger partial charge in [0.2, 0.25) is 17.6 Å². The summed E-state index contributed by atoms with van der Waals surface area (Å²) in [5.74, 6) is 2.50. The zero-order valence-corrected chi connectivity index (χ0v) is 16.0. The molecular formula is C21H23N3O4. The lowest BCUT2D eigenvalue weighted by Gasteiger charge is -2.06. The number of hydrogen-bond donors (Lipinski definition) is 1. The van der Waals surface area contributed by atoms with E-state index in [0.29, 0.717) is 37.7 Å². The summed E-state index contributed by atoms with van der Waals surface area (Å²) in [5, 5.41) is 6.85. The van der Waals surface area contributed by atoms with Gasteiger partial charge in [0.1, 0.15) is 11.5 Å². The molecule has 0 aliphatic carbocycles. The predicted molar refractivity (Wildman–Crippen MR) is 104 cm³/mol. The number of ether oxygens (including phenoxy) is 2. The van der Waals surface area contributed by atoms with Gasteiger partial charge in [-0.05, 0) is 48.9 Å². The Morgan fingerprint density at radius 1 is 1.07 bits per heavy atom. The van der Waals surface area contributed by atoms with Crippen molar-refractivity contribution in [3.05, 3.63) is 60.0 Å². The molecule has 0 fully saturated rings. The van der Waals surface area contributed by atoms with E-state index in [-0.39, 0.29) is 5.91 Å². The Morgan fingerprint density at radius 3 is 2.46 bits per heavy atom. The van der Waals surface area contributed by atoms with Crippen LogP contribution in [0.2, 0.25) is 0 Å². The lowest BCUT2D eigenvalue weighted by atomic mass is 10.1. The molecule has 28 heavy (non-hydrogen) atoms. The maximum atomic E-state index is 12.1. The normalized spacial score (nSPS) is 10.5. The molecule has 3 aromatic rings. The van der Waals surface area contributed by atoms with Crippen molar-refractivity contribution in [1.82, 2.24) is 15.5 Å². The molecule has 3 rings (SSSR count). The highest BCUT2D eigenvalue weighted by molar-refractivity contribution is 5.78. The Balaban J connectivity index is 1.45. The Labute approximate surface area is 163 Å². The summed E-state index contributed by atoms with van der Waals surface area (Å²) in [6.07, 6.45) is 0.783. The van der Waals surface area contributed by atoms with Crippen molar-refractivity contribution < 1.29 is 18.8 Å². The highest BCUT2D eigenvalue weighted by atomic mass is 16.5. The van der Waals surface area contributed by atoms with Crippen LogP contribution in [0.3, 0.4) is 0 Å². The van der Waals surface area contributed by atoms with Crippen LogP contribution in [0.15, 0.2) is 53.1 Å². The highest BCUT2D eigenvalue weighted by Crippen LogP contribution is 2.19.